The summed E-state index contributed by atoms with van der Waals surface area (Å²) in [5, 5.41) is 36.9. The number of fused-ring (bicyclic) bond motifs is 5. The lowest BCUT2D eigenvalue weighted by Gasteiger charge is -2.21. The molecule has 0 bridgehead atoms. The molecule has 1 aromatic heterocycles. The van der Waals surface area contributed by atoms with Crippen molar-refractivity contribution in [1.82, 2.24) is 4.57 Å². The maximum Gasteiger partial charge on any atom is 0.0998 e. The van der Waals surface area contributed by atoms with Crippen molar-refractivity contribution in [1.29, 1.82) is 15.8 Å². The van der Waals surface area contributed by atoms with Crippen molar-refractivity contribution in [2.24, 2.45) is 0 Å². The summed E-state index contributed by atoms with van der Waals surface area (Å²) < 4.78 is 2.22. The first-order valence-electron chi connectivity index (χ1n) is 16.7. The van der Waals surface area contributed by atoms with Crippen LogP contribution in [0, 0.1) is 34.0 Å². The Morgan fingerprint density at radius 1 is 0.373 bits per heavy atom. The Morgan fingerprint density at radius 2 is 0.961 bits per heavy atom. The van der Waals surface area contributed by atoms with E-state index in [1.54, 1.807) is 6.07 Å². The second-order valence-electron chi connectivity index (χ2n) is 12.6. The van der Waals surface area contributed by atoms with E-state index in [4.69, 9.17) is 0 Å². The Kier molecular flexibility index (Phi) is 6.93. The first-order chi connectivity index (χ1) is 25.2. The largest absolute Gasteiger partial charge is 0.309 e. The molecule has 0 N–H and O–H groups in total. The molecule has 51 heavy (non-hydrogen) atoms. The molecule has 8 aromatic carbocycles. The number of nitriles is 3. The van der Waals surface area contributed by atoms with Crippen LogP contribution in [0.3, 0.4) is 0 Å². The van der Waals surface area contributed by atoms with Gasteiger partial charge in [-0.15, -0.1) is 0 Å². The predicted octanol–water partition coefficient (Wildman–Crippen LogP) is 11.7. The lowest BCUT2D eigenvalue weighted by Crippen LogP contribution is -1.98. The fourth-order valence-corrected chi connectivity index (χ4v) is 7.74. The van der Waals surface area contributed by atoms with Gasteiger partial charge in [0.2, 0.25) is 0 Å². The molecule has 0 aliphatic heterocycles. The van der Waals surface area contributed by atoms with Crippen LogP contribution in [0.5, 0.6) is 0 Å². The lowest BCUT2D eigenvalue weighted by molar-refractivity contribution is 1.18. The molecule has 4 nitrogen and oxygen atoms in total. The average Bonchev–Trinajstić information content (AvgIpc) is 3.53. The second kappa shape index (κ2) is 11.9. The summed E-state index contributed by atoms with van der Waals surface area (Å²) in [6.07, 6.45) is 0. The van der Waals surface area contributed by atoms with Crippen LogP contribution in [-0.2, 0) is 0 Å². The zero-order valence-electron chi connectivity index (χ0n) is 27.3. The van der Waals surface area contributed by atoms with Gasteiger partial charge in [0.25, 0.3) is 0 Å². The van der Waals surface area contributed by atoms with Crippen LogP contribution in [0.2, 0.25) is 0 Å². The number of nitrogens with zero attached hydrogens (tertiary/aromatic N) is 4. The highest BCUT2D eigenvalue weighted by Crippen LogP contribution is 2.47. The van der Waals surface area contributed by atoms with E-state index in [0.29, 0.717) is 16.7 Å². The summed E-state index contributed by atoms with van der Waals surface area (Å²) in [5.41, 5.74) is 10.1. The summed E-state index contributed by atoms with van der Waals surface area (Å²) in [7, 11) is 0. The average molecular weight is 647 g/mol. The van der Waals surface area contributed by atoms with Gasteiger partial charge in [-0.05, 0) is 97.9 Å². The van der Waals surface area contributed by atoms with E-state index in [2.05, 4.69) is 114 Å². The van der Waals surface area contributed by atoms with Gasteiger partial charge in [-0.2, -0.15) is 15.8 Å². The number of benzene rings is 8. The van der Waals surface area contributed by atoms with Crippen LogP contribution >= 0.6 is 0 Å². The number of hydrogen-bond acceptors (Lipinski definition) is 3. The minimum absolute atomic E-state index is 0.422. The summed E-state index contributed by atoms with van der Waals surface area (Å²) >= 11 is 0. The van der Waals surface area contributed by atoms with E-state index in [0.717, 1.165) is 82.4 Å². The van der Waals surface area contributed by atoms with Gasteiger partial charge in [0.1, 0.15) is 0 Å². The van der Waals surface area contributed by atoms with Gasteiger partial charge in [-0.3, -0.25) is 0 Å². The Bertz CT molecular complexity index is 2940. The van der Waals surface area contributed by atoms with Gasteiger partial charge in [0, 0.05) is 22.0 Å². The highest BCUT2D eigenvalue weighted by molar-refractivity contribution is 6.23. The van der Waals surface area contributed by atoms with Gasteiger partial charge in [-0.25, -0.2) is 0 Å². The van der Waals surface area contributed by atoms with Crippen molar-refractivity contribution in [2.75, 3.05) is 0 Å². The Hall–Kier alpha value is -7.45. The minimum Gasteiger partial charge on any atom is -0.309 e. The third-order valence-electron chi connectivity index (χ3n) is 9.85. The van der Waals surface area contributed by atoms with E-state index in [1.165, 1.54) is 0 Å². The van der Waals surface area contributed by atoms with Gasteiger partial charge in [-0.1, -0.05) is 109 Å². The third kappa shape index (κ3) is 4.66. The molecule has 9 aromatic rings. The van der Waals surface area contributed by atoms with Gasteiger partial charge < -0.3 is 4.57 Å². The van der Waals surface area contributed by atoms with E-state index in [9.17, 15) is 15.8 Å². The first-order valence-corrected chi connectivity index (χ1v) is 16.7. The van der Waals surface area contributed by atoms with Crippen LogP contribution in [0.15, 0.2) is 158 Å². The number of hydrogen-bond donors (Lipinski definition) is 0. The quantitative estimate of drug-likeness (QED) is 0.179. The Labute approximate surface area is 294 Å². The molecule has 0 fully saturated rings. The van der Waals surface area contributed by atoms with Crippen molar-refractivity contribution >= 4 is 43.4 Å². The van der Waals surface area contributed by atoms with Gasteiger partial charge in [0.15, 0.2) is 0 Å². The lowest BCUT2D eigenvalue weighted by atomic mass is 9.81. The van der Waals surface area contributed by atoms with E-state index >= 15 is 0 Å². The molecule has 0 spiro atoms. The summed E-state index contributed by atoms with van der Waals surface area (Å²) in [6.45, 7) is 0. The molecule has 0 radical (unpaired) electrons. The van der Waals surface area contributed by atoms with Crippen molar-refractivity contribution in [3.63, 3.8) is 0 Å². The maximum absolute atomic E-state index is 10.7. The molecule has 0 atom stereocenters. The van der Waals surface area contributed by atoms with E-state index in [-0.39, 0.29) is 0 Å². The predicted molar refractivity (Wildman–Crippen MR) is 206 cm³/mol. The second-order valence-corrected chi connectivity index (χ2v) is 12.6. The molecular formula is C47H26N4. The molecule has 234 valence electrons. The molecule has 1 heterocycles. The van der Waals surface area contributed by atoms with E-state index in [1.807, 2.05) is 60.7 Å². The van der Waals surface area contributed by atoms with Crippen LogP contribution in [0.4, 0.5) is 0 Å². The monoisotopic (exact) mass is 646 g/mol. The van der Waals surface area contributed by atoms with Crippen molar-refractivity contribution in [3.8, 4) is 57.3 Å². The van der Waals surface area contributed by atoms with Gasteiger partial charge >= 0.3 is 0 Å². The van der Waals surface area contributed by atoms with Crippen molar-refractivity contribution in [2.45, 2.75) is 0 Å². The van der Waals surface area contributed by atoms with E-state index < -0.39 is 0 Å². The normalized spacial score (nSPS) is 11.1. The first kappa shape index (κ1) is 29.7. The smallest absolute Gasteiger partial charge is 0.0998 e. The highest BCUT2D eigenvalue weighted by Gasteiger charge is 2.23. The van der Waals surface area contributed by atoms with Crippen LogP contribution < -0.4 is 0 Å². The standard InChI is InChI=1S/C47H26N4/c48-27-30-21-22-44-42(24-30)36-15-8-9-20-43(36)51(44)35-14-10-13-33(26-35)41-25-31(28-49)23-34(29-50)46(41)47-39-18-6-4-16-37(39)45(32-11-2-1-3-12-32)38-17-5-7-19-40(38)47/h1-26H. The Morgan fingerprint density at radius 3 is 1.63 bits per heavy atom. The zero-order chi connectivity index (χ0) is 34.5. The number of aromatic nitrogens is 1. The molecule has 0 aliphatic rings. The molecule has 0 aliphatic carbocycles. The topological polar surface area (TPSA) is 76.3 Å². The molecular weight excluding hydrogens is 621 g/mol. The Balaban J connectivity index is 1.37. The summed E-state index contributed by atoms with van der Waals surface area (Å²) in [5.74, 6) is 0. The molecule has 9 rings (SSSR count). The fraction of sp³-hybridized carbons (Fsp3) is 0. The third-order valence-corrected chi connectivity index (χ3v) is 9.85. The highest BCUT2D eigenvalue weighted by atomic mass is 15.0. The fourth-order valence-electron chi connectivity index (χ4n) is 7.74. The SMILES string of the molecule is N#Cc1cc(C#N)c(-c2c3ccccc3c(-c3ccccc3)c3ccccc23)c(-c2cccc(-n3c4ccccc4c4cc(C#N)ccc43)c2)c1. The number of rotatable bonds is 4. The number of para-hydroxylation sites is 1. The van der Waals surface area contributed by atoms with Crippen LogP contribution in [0.25, 0.3) is 82.4 Å². The van der Waals surface area contributed by atoms with Crippen LogP contribution in [0.1, 0.15) is 16.7 Å². The maximum atomic E-state index is 10.7. The summed E-state index contributed by atoms with van der Waals surface area (Å²) in [4.78, 5) is 0. The molecule has 0 saturated carbocycles. The molecule has 0 saturated heterocycles. The molecule has 0 unspecified atom stereocenters. The zero-order valence-corrected chi connectivity index (χ0v) is 27.3. The molecule has 4 heteroatoms. The molecule has 0 amide bonds. The summed E-state index contributed by atoms with van der Waals surface area (Å²) in [6, 6.07) is 60.2. The van der Waals surface area contributed by atoms with Gasteiger partial charge in [0.05, 0.1) is 45.9 Å². The van der Waals surface area contributed by atoms with Crippen molar-refractivity contribution in [3.05, 3.63) is 174 Å². The minimum atomic E-state index is 0.422. The van der Waals surface area contributed by atoms with Crippen LogP contribution in [-0.4, -0.2) is 4.57 Å². The van der Waals surface area contributed by atoms with Crippen molar-refractivity contribution < 1.29 is 0 Å².